The molecule has 1 amide bonds. The average Bonchev–Trinajstić information content (AvgIpc) is 3.44. The molecule has 2 N–H and O–H groups in total. The predicted molar refractivity (Wildman–Crippen MR) is 118 cm³/mol. The fraction of sp³-hybridized carbons (Fsp3) is 0.217. The lowest BCUT2D eigenvalue weighted by atomic mass is 10.1. The van der Waals surface area contributed by atoms with Crippen molar-refractivity contribution in [2.24, 2.45) is 0 Å². The number of amides is 1. The Labute approximate surface area is 184 Å². The molecule has 32 heavy (non-hydrogen) atoms. The van der Waals surface area contributed by atoms with E-state index in [9.17, 15) is 4.79 Å². The second-order valence-electron chi connectivity index (χ2n) is 7.52. The first-order valence-electron chi connectivity index (χ1n) is 10.3. The third-order valence-corrected chi connectivity index (χ3v) is 5.15. The van der Waals surface area contributed by atoms with Gasteiger partial charge < -0.3 is 20.1 Å². The maximum absolute atomic E-state index is 12.3. The van der Waals surface area contributed by atoms with E-state index in [0.717, 1.165) is 22.6 Å². The zero-order chi connectivity index (χ0) is 21.9. The van der Waals surface area contributed by atoms with Crippen molar-refractivity contribution in [1.29, 1.82) is 0 Å². The van der Waals surface area contributed by atoms with Gasteiger partial charge in [0.1, 0.15) is 5.82 Å². The minimum absolute atomic E-state index is 0.110. The monoisotopic (exact) mass is 430 g/mol. The number of aromatic nitrogens is 4. The first-order valence-corrected chi connectivity index (χ1v) is 10.3. The second kappa shape index (κ2) is 8.54. The number of benzene rings is 2. The number of rotatable bonds is 7. The Hall–Kier alpha value is -4.14. The lowest BCUT2D eigenvalue weighted by Gasteiger charge is -2.08. The summed E-state index contributed by atoms with van der Waals surface area (Å²) in [5.41, 5.74) is 3.40. The van der Waals surface area contributed by atoms with E-state index in [1.54, 1.807) is 10.6 Å². The highest BCUT2D eigenvalue weighted by molar-refractivity contribution is 5.94. The van der Waals surface area contributed by atoms with Gasteiger partial charge >= 0.3 is 0 Å². The van der Waals surface area contributed by atoms with E-state index in [0.29, 0.717) is 42.4 Å². The van der Waals surface area contributed by atoms with Gasteiger partial charge in [0.2, 0.25) is 6.79 Å². The maximum atomic E-state index is 12.3. The van der Waals surface area contributed by atoms with Gasteiger partial charge in [-0.2, -0.15) is 4.52 Å². The van der Waals surface area contributed by atoms with Gasteiger partial charge in [0.15, 0.2) is 23.0 Å². The fourth-order valence-electron chi connectivity index (χ4n) is 3.50. The molecule has 5 rings (SSSR count). The summed E-state index contributed by atoms with van der Waals surface area (Å²) in [5, 5.41) is 19.2. The summed E-state index contributed by atoms with van der Waals surface area (Å²) in [6, 6.07) is 17.1. The average molecular weight is 430 g/mol. The minimum Gasteiger partial charge on any atom is -0.454 e. The zero-order valence-corrected chi connectivity index (χ0v) is 17.5. The van der Waals surface area contributed by atoms with Crippen LogP contribution in [0.25, 0.3) is 5.65 Å². The molecule has 0 atom stereocenters. The lowest BCUT2D eigenvalue weighted by Crippen LogP contribution is -2.26. The molecule has 3 heterocycles. The number of nitrogens with zero attached hydrogens (tertiary/aromatic N) is 4. The van der Waals surface area contributed by atoms with Gasteiger partial charge in [0, 0.05) is 25.1 Å². The Morgan fingerprint density at radius 1 is 1.06 bits per heavy atom. The van der Waals surface area contributed by atoms with E-state index >= 15 is 0 Å². The highest BCUT2D eigenvalue weighted by Gasteiger charge is 2.13. The molecule has 1 aliphatic rings. The van der Waals surface area contributed by atoms with Crippen molar-refractivity contribution in [1.82, 2.24) is 25.1 Å². The number of ether oxygens (including phenoxy) is 2. The molecule has 162 valence electrons. The minimum atomic E-state index is -0.110. The van der Waals surface area contributed by atoms with Crippen LogP contribution >= 0.6 is 0 Å². The molecule has 0 radical (unpaired) electrons. The Kier molecular flexibility index (Phi) is 5.29. The van der Waals surface area contributed by atoms with E-state index in [4.69, 9.17) is 9.47 Å². The highest BCUT2D eigenvalue weighted by Crippen LogP contribution is 2.32. The van der Waals surface area contributed by atoms with Gasteiger partial charge in [-0.3, -0.25) is 4.79 Å². The first kappa shape index (κ1) is 19.8. The van der Waals surface area contributed by atoms with Crippen LogP contribution in [0.1, 0.15) is 27.3 Å². The normalized spacial score (nSPS) is 12.2. The first-order chi connectivity index (χ1) is 15.7. The van der Waals surface area contributed by atoms with Crippen molar-refractivity contribution in [3.63, 3.8) is 0 Å². The Morgan fingerprint density at radius 2 is 1.97 bits per heavy atom. The number of hydrogen-bond donors (Lipinski definition) is 2. The smallest absolute Gasteiger partial charge is 0.251 e. The molecule has 4 aromatic rings. The number of aryl methyl sites for hydroxylation is 1. The number of carbonyl (C=O) groups is 1. The molecule has 2 aromatic carbocycles. The molecule has 0 fully saturated rings. The van der Waals surface area contributed by atoms with E-state index in [1.807, 2.05) is 55.5 Å². The lowest BCUT2D eigenvalue weighted by molar-refractivity contribution is 0.0954. The van der Waals surface area contributed by atoms with E-state index in [2.05, 4.69) is 25.9 Å². The summed E-state index contributed by atoms with van der Waals surface area (Å²) in [6.45, 7) is 3.23. The van der Waals surface area contributed by atoms with E-state index < -0.39 is 0 Å². The third-order valence-electron chi connectivity index (χ3n) is 5.15. The summed E-state index contributed by atoms with van der Waals surface area (Å²) in [4.78, 5) is 12.3. The zero-order valence-electron chi connectivity index (χ0n) is 17.5. The highest BCUT2D eigenvalue weighted by atomic mass is 16.7. The second-order valence-corrected chi connectivity index (χ2v) is 7.52. The van der Waals surface area contributed by atoms with Gasteiger partial charge in [-0.15, -0.1) is 15.3 Å². The van der Waals surface area contributed by atoms with E-state index in [-0.39, 0.29) is 12.7 Å². The van der Waals surface area contributed by atoms with Gasteiger partial charge in [-0.25, -0.2) is 0 Å². The quantitative estimate of drug-likeness (QED) is 0.465. The standard InChI is InChI=1S/C23H22N6O3/c1-15-3-2-4-17(11-15)23(30)24-10-9-22-27-26-21-8-7-20(28-29(21)22)25-13-16-5-6-18-19(12-16)32-14-31-18/h2-8,11-12H,9-10,13-14H2,1H3,(H,24,30)(H,25,28). The van der Waals surface area contributed by atoms with Crippen LogP contribution in [0.2, 0.25) is 0 Å². The van der Waals surface area contributed by atoms with E-state index in [1.165, 1.54) is 0 Å². The number of anilines is 1. The summed E-state index contributed by atoms with van der Waals surface area (Å²) in [6.07, 6.45) is 0.511. The molecule has 1 aliphatic heterocycles. The Balaban J connectivity index is 1.22. The molecule has 0 aliphatic carbocycles. The summed E-state index contributed by atoms with van der Waals surface area (Å²) >= 11 is 0. The molecular weight excluding hydrogens is 408 g/mol. The number of carbonyl (C=O) groups excluding carboxylic acids is 1. The van der Waals surface area contributed by atoms with Gasteiger partial charge in [0.05, 0.1) is 0 Å². The van der Waals surface area contributed by atoms with Crippen molar-refractivity contribution in [2.45, 2.75) is 19.9 Å². The largest absolute Gasteiger partial charge is 0.454 e. The van der Waals surface area contributed by atoms with Gasteiger partial charge in [-0.1, -0.05) is 23.8 Å². The molecule has 0 saturated heterocycles. The third kappa shape index (κ3) is 4.18. The number of fused-ring (bicyclic) bond motifs is 2. The molecule has 0 saturated carbocycles. The van der Waals surface area contributed by atoms with Crippen molar-refractivity contribution < 1.29 is 14.3 Å². The fourth-order valence-corrected chi connectivity index (χ4v) is 3.50. The van der Waals surface area contributed by atoms with Crippen LogP contribution in [0.4, 0.5) is 5.82 Å². The molecule has 0 spiro atoms. The van der Waals surface area contributed by atoms with Crippen LogP contribution < -0.4 is 20.1 Å². The van der Waals surface area contributed by atoms with Crippen molar-refractivity contribution in [3.8, 4) is 11.5 Å². The number of hydrogen-bond acceptors (Lipinski definition) is 7. The van der Waals surface area contributed by atoms with Crippen LogP contribution in [-0.4, -0.2) is 39.1 Å². The Morgan fingerprint density at radius 3 is 2.88 bits per heavy atom. The summed E-state index contributed by atoms with van der Waals surface area (Å²) < 4.78 is 12.5. The molecule has 0 unspecified atom stereocenters. The maximum Gasteiger partial charge on any atom is 0.251 e. The molecular formula is C23H22N6O3. The molecule has 2 aromatic heterocycles. The molecule has 9 heteroatoms. The summed E-state index contributed by atoms with van der Waals surface area (Å²) in [5.74, 6) is 2.77. The van der Waals surface area contributed by atoms with Crippen molar-refractivity contribution >= 4 is 17.4 Å². The molecule has 9 nitrogen and oxygen atoms in total. The topological polar surface area (TPSA) is 103 Å². The number of nitrogens with one attached hydrogen (secondary N) is 2. The van der Waals surface area contributed by atoms with Crippen LogP contribution in [0.15, 0.2) is 54.6 Å². The van der Waals surface area contributed by atoms with Crippen molar-refractivity contribution in [2.75, 3.05) is 18.7 Å². The van der Waals surface area contributed by atoms with Gasteiger partial charge in [0.25, 0.3) is 5.91 Å². The summed E-state index contributed by atoms with van der Waals surface area (Å²) in [7, 11) is 0. The molecule has 0 bridgehead atoms. The van der Waals surface area contributed by atoms with Crippen LogP contribution in [0.5, 0.6) is 11.5 Å². The van der Waals surface area contributed by atoms with Crippen LogP contribution in [-0.2, 0) is 13.0 Å². The van der Waals surface area contributed by atoms with Crippen LogP contribution in [0.3, 0.4) is 0 Å². The van der Waals surface area contributed by atoms with Crippen LogP contribution in [0, 0.1) is 6.92 Å². The predicted octanol–water partition coefficient (Wildman–Crippen LogP) is 2.75. The van der Waals surface area contributed by atoms with Crippen molar-refractivity contribution in [3.05, 3.63) is 77.1 Å². The van der Waals surface area contributed by atoms with Gasteiger partial charge in [-0.05, 0) is 48.9 Å². The SMILES string of the molecule is Cc1cccc(C(=O)NCCc2nnc3ccc(NCc4ccc5c(c4)OCO5)nn23)c1. The Bertz CT molecular complexity index is 1290.